The van der Waals surface area contributed by atoms with Crippen LogP contribution in [0, 0.1) is 0 Å². The Bertz CT molecular complexity index is 580. The molecule has 0 unspecified atom stereocenters. The Morgan fingerprint density at radius 2 is 1.95 bits per heavy atom. The molecule has 0 saturated carbocycles. The average Bonchev–Trinajstić information content (AvgIpc) is 2.51. The van der Waals surface area contributed by atoms with E-state index in [0.717, 1.165) is 29.4 Å². The second kappa shape index (κ2) is 6.09. The molecule has 2 N–H and O–H groups in total. The van der Waals surface area contributed by atoms with Crippen LogP contribution < -0.4 is 15.2 Å². The van der Waals surface area contributed by atoms with Crippen LogP contribution in [-0.2, 0) is 0 Å². The molecule has 1 heterocycles. The van der Waals surface area contributed by atoms with Crippen LogP contribution in [0.2, 0.25) is 0 Å². The van der Waals surface area contributed by atoms with E-state index in [1.807, 2.05) is 24.3 Å². The second-order valence-electron chi connectivity index (χ2n) is 5.06. The zero-order valence-electron chi connectivity index (χ0n) is 12.3. The smallest absolute Gasteiger partial charge is 0.221 e. The van der Waals surface area contributed by atoms with Crippen molar-refractivity contribution in [2.24, 2.45) is 5.73 Å². The van der Waals surface area contributed by atoms with Gasteiger partial charge in [-0.2, -0.15) is 0 Å². The summed E-state index contributed by atoms with van der Waals surface area (Å²) < 4.78 is 11.1. The number of methoxy groups -OCH3 is 1. The first kappa shape index (κ1) is 14.6. The van der Waals surface area contributed by atoms with Crippen molar-refractivity contribution in [3.8, 4) is 11.6 Å². The van der Waals surface area contributed by atoms with Crippen LogP contribution in [0.4, 0.5) is 0 Å². The maximum atomic E-state index is 6.26. The van der Waals surface area contributed by atoms with Gasteiger partial charge in [-0.25, -0.2) is 4.98 Å². The van der Waals surface area contributed by atoms with E-state index >= 15 is 0 Å². The topological polar surface area (TPSA) is 57.4 Å². The molecule has 0 amide bonds. The lowest BCUT2D eigenvalue weighted by Gasteiger charge is -2.26. The van der Waals surface area contributed by atoms with Gasteiger partial charge in [-0.15, -0.1) is 0 Å². The van der Waals surface area contributed by atoms with Crippen molar-refractivity contribution in [2.45, 2.75) is 32.2 Å². The molecule has 0 atom stereocenters. The number of pyridine rings is 1. The highest BCUT2D eigenvalue weighted by Gasteiger charge is 2.21. The summed E-state index contributed by atoms with van der Waals surface area (Å²) in [6.45, 7) is 4.63. The number of nitrogens with two attached hydrogens (primary N) is 1. The molecule has 0 aliphatic heterocycles. The van der Waals surface area contributed by atoms with E-state index in [0.29, 0.717) is 12.5 Å². The standard InChI is InChI=1S/C16H22N2O2/c1-4-16(17,5-2)11-20-15-14-7-6-13(19-3)10-12(14)8-9-18-15/h6-10H,4-5,11,17H2,1-3H3. The largest absolute Gasteiger partial charge is 0.497 e. The molecule has 0 aliphatic carbocycles. The molecule has 20 heavy (non-hydrogen) atoms. The maximum absolute atomic E-state index is 6.26. The first-order chi connectivity index (χ1) is 9.61. The summed E-state index contributed by atoms with van der Waals surface area (Å²) >= 11 is 0. The fraction of sp³-hybridized carbons (Fsp3) is 0.438. The van der Waals surface area contributed by atoms with Crippen molar-refractivity contribution in [1.82, 2.24) is 4.98 Å². The number of benzene rings is 1. The lowest BCUT2D eigenvalue weighted by atomic mass is 9.96. The molecule has 0 bridgehead atoms. The van der Waals surface area contributed by atoms with Gasteiger partial charge in [0.15, 0.2) is 0 Å². The van der Waals surface area contributed by atoms with Gasteiger partial charge in [0.25, 0.3) is 0 Å². The third kappa shape index (κ3) is 3.02. The number of hydrogen-bond donors (Lipinski definition) is 1. The van der Waals surface area contributed by atoms with Gasteiger partial charge in [0.05, 0.1) is 7.11 Å². The van der Waals surface area contributed by atoms with E-state index < -0.39 is 0 Å². The van der Waals surface area contributed by atoms with E-state index in [2.05, 4.69) is 18.8 Å². The molecule has 0 saturated heterocycles. The molecule has 0 radical (unpaired) electrons. The fourth-order valence-electron chi connectivity index (χ4n) is 2.04. The van der Waals surface area contributed by atoms with Crippen LogP contribution >= 0.6 is 0 Å². The average molecular weight is 274 g/mol. The molecule has 4 nitrogen and oxygen atoms in total. The minimum Gasteiger partial charge on any atom is -0.497 e. The van der Waals surface area contributed by atoms with Crippen LogP contribution in [0.15, 0.2) is 30.5 Å². The third-order valence-corrected chi connectivity index (χ3v) is 3.84. The zero-order valence-corrected chi connectivity index (χ0v) is 12.3. The van der Waals surface area contributed by atoms with Crippen LogP contribution in [0.5, 0.6) is 11.6 Å². The van der Waals surface area contributed by atoms with Gasteiger partial charge in [-0.05, 0) is 42.5 Å². The Labute approximate surface area is 119 Å². The van der Waals surface area contributed by atoms with Crippen LogP contribution in [0.25, 0.3) is 10.8 Å². The van der Waals surface area contributed by atoms with Crippen molar-refractivity contribution < 1.29 is 9.47 Å². The summed E-state index contributed by atoms with van der Waals surface area (Å²) in [7, 11) is 1.66. The highest BCUT2D eigenvalue weighted by molar-refractivity contribution is 5.87. The summed E-state index contributed by atoms with van der Waals surface area (Å²) in [4.78, 5) is 4.32. The highest BCUT2D eigenvalue weighted by atomic mass is 16.5. The van der Waals surface area contributed by atoms with Gasteiger partial charge in [-0.1, -0.05) is 13.8 Å². The Kier molecular flexibility index (Phi) is 4.45. The number of aromatic nitrogens is 1. The molecule has 0 spiro atoms. The molecule has 0 aliphatic rings. The van der Waals surface area contributed by atoms with E-state index in [-0.39, 0.29) is 5.54 Å². The SMILES string of the molecule is CCC(N)(CC)COc1nccc2cc(OC)ccc12. The number of rotatable bonds is 6. The van der Waals surface area contributed by atoms with Crippen molar-refractivity contribution in [3.05, 3.63) is 30.5 Å². The normalized spacial score (nSPS) is 11.6. The van der Waals surface area contributed by atoms with E-state index in [4.69, 9.17) is 15.2 Å². The maximum Gasteiger partial charge on any atom is 0.221 e. The molecule has 4 heteroatoms. The van der Waals surface area contributed by atoms with Crippen LogP contribution in [0.3, 0.4) is 0 Å². The minimum absolute atomic E-state index is 0.295. The van der Waals surface area contributed by atoms with E-state index in [1.54, 1.807) is 13.3 Å². The van der Waals surface area contributed by atoms with Crippen LogP contribution in [0.1, 0.15) is 26.7 Å². The second-order valence-corrected chi connectivity index (χ2v) is 5.06. The molecule has 1 aromatic heterocycles. The van der Waals surface area contributed by atoms with Gasteiger partial charge in [0.1, 0.15) is 12.4 Å². The van der Waals surface area contributed by atoms with Crippen molar-refractivity contribution >= 4 is 10.8 Å². The van der Waals surface area contributed by atoms with Gasteiger partial charge >= 0.3 is 0 Å². The monoisotopic (exact) mass is 274 g/mol. The van der Waals surface area contributed by atoms with Crippen molar-refractivity contribution in [2.75, 3.05) is 13.7 Å². The Morgan fingerprint density at radius 1 is 1.20 bits per heavy atom. The quantitative estimate of drug-likeness (QED) is 0.879. The summed E-state index contributed by atoms with van der Waals surface area (Å²) in [5.41, 5.74) is 5.97. The van der Waals surface area contributed by atoms with Gasteiger partial charge < -0.3 is 15.2 Å². The Morgan fingerprint density at radius 3 is 2.60 bits per heavy atom. The lowest BCUT2D eigenvalue weighted by Crippen LogP contribution is -2.44. The predicted octanol–water partition coefficient (Wildman–Crippen LogP) is 3.14. The minimum atomic E-state index is -0.295. The first-order valence-corrected chi connectivity index (χ1v) is 6.96. The number of fused-ring (bicyclic) bond motifs is 1. The Hall–Kier alpha value is -1.81. The zero-order chi connectivity index (χ0) is 14.6. The summed E-state index contributed by atoms with van der Waals surface area (Å²) in [6.07, 6.45) is 3.50. The lowest BCUT2D eigenvalue weighted by molar-refractivity contribution is 0.203. The molecular formula is C16H22N2O2. The predicted molar refractivity (Wildman–Crippen MR) is 81.3 cm³/mol. The molecule has 2 aromatic rings. The van der Waals surface area contributed by atoms with Crippen LogP contribution in [-0.4, -0.2) is 24.2 Å². The van der Waals surface area contributed by atoms with Crippen molar-refractivity contribution in [3.63, 3.8) is 0 Å². The highest BCUT2D eigenvalue weighted by Crippen LogP contribution is 2.27. The molecule has 0 fully saturated rings. The summed E-state index contributed by atoms with van der Waals surface area (Å²) in [6, 6.07) is 7.79. The molecule has 108 valence electrons. The molecule has 1 aromatic carbocycles. The summed E-state index contributed by atoms with van der Waals surface area (Å²) in [5.74, 6) is 1.45. The molecule has 2 rings (SSSR count). The van der Waals surface area contributed by atoms with E-state index in [1.165, 1.54) is 0 Å². The van der Waals surface area contributed by atoms with Gasteiger partial charge in [0, 0.05) is 17.1 Å². The number of ether oxygens (including phenoxy) is 2. The fourth-order valence-corrected chi connectivity index (χ4v) is 2.04. The van der Waals surface area contributed by atoms with Crippen molar-refractivity contribution in [1.29, 1.82) is 0 Å². The van der Waals surface area contributed by atoms with Gasteiger partial charge in [0.2, 0.25) is 5.88 Å². The van der Waals surface area contributed by atoms with Gasteiger partial charge in [-0.3, -0.25) is 0 Å². The third-order valence-electron chi connectivity index (χ3n) is 3.84. The Balaban J connectivity index is 2.26. The first-order valence-electron chi connectivity index (χ1n) is 6.96. The summed E-state index contributed by atoms with van der Waals surface area (Å²) in [5, 5.41) is 2.02. The number of hydrogen-bond acceptors (Lipinski definition) is 4. The molecular weight excluding hydrogens is 252 g/mol. The van der Waals surface area contributed by atoms with E-state index in [9.17, 15) is 0 Å². The number of nitrogens with zero attached hydrogens (tertiary/aromatic N) is 1.